The van der Waals surface area contributed by atoms with E-state index in [1.54, 1.807) is 25.3 Å². The number of carbonyl (C=O) groups is 2. The number of aromatic nitrogens is 3. The van der Waals surface area contributed by atoms with Gasteiger partial charge in [0.1, 0.15) is 16.8 Å². The summed E-state index contributed by atoms with van der Waals surface area (Å²) in [4.78, 5) is 40.3. The molecule has 9 nitrogen and oxygen atoms in total. The largest absolute Gasteiger partial charge is 0.384 e. The van der Waals surface area contributed by atoms with E-state index in [1.807, 2.05) is 23.4 Å². The lowest BCUT2D eigenvalue weighted by atomic mass is 10.0. The standard InChI is InChI=1S/C25H30N6O3S/c1-12(32)25(34)31-10-13-7-15(8-14(13)11-31)29-20-16-5-6-27-22(16)28-9-18(20)24-30-19-4-3-17(21(19)35-24)23(33)26-2/h5-6,9,12-15,17,32H,3-4,7-8,10-11H2,1-2H3,(H,26,33)(H2,27,28,29)/t12-,13-,14+,15?,17?/m0/s1. The van der Waals surface area contributed by atoms with Gasteiger partial charge in [0.05, 0.1) is 22.9 Å². The highest BCUT2D eigenvalue weighted by Crippen LogP contribution is 2.45. The molecule has 4 heterocycles. The minimum absolute atomic E-state index is 0.0529. The number of amides is 2. The molecule has 3 aliphatic rings. The number of hydrogen-bond donors (Lipinski definition) is 4. The molecule has 1 saturated carbocycles. The summed E-state index contributed by atoms with van der Waals surface area (Å²) in [5.74, 6) is 0.653. The molecular weight excluding hydrogens is 464 g/mol. The average molecular weight is 495 g/mol. The van der Waals surface area contributed by atoms with Crippen molar-refractivity contribution in [2.45, 2.75) is 50.7 Å². The van der Waals surface area contributed by atoms with Crippen LogP contribution >= 0.6 is 11.3 Å². The summed E-state index contributed by atoms with van der Waals surface area (Å²) in [5, 5.41) is 18.2. The Kier molecular flexibility index (Phi) is 5.52. The van der Waals surface area contributed by atoms with Crippen LogP contribution in [0.25, 0.3) is 21.6 Å². The molecule has 10 heteroatoms. The first-order valence-corrected chi connectivity index (χ1v) is 13.2. The van der Waals surface area contributed by atoms with Gasteiger partial charge in [-0.05, 0) is 50.5 Å². The van der Waals surface area contributed by atoms with E-state index in [1.165, 1.54) is 0 Å². The van der Waals surface area contributed by atoms with Gasteiger partial charge in [0.15, 0.2) is 0 Å². The lowest BCUT2D eigenvalue weighted by Crippen LogP contribution is -2.37. The Morgan fingerprint density at radius 2 is 2.06 bits per heavy atom. The maximum atomic E-state index is 12.4. The van der Waals surface area contributed by atoms with E-state index in [9.17, 15) is 14.7 Å². The number of likely N-dealkylation sites (N-methyl/N-ethyl adjacent to an activating group) is 1. The van der Waals surface area contributed by atoms with E-state index < -0.39 is 6.10 Å². The molecule has 2 unspecified atom stereocenters. The molecular formula is C25H30N6O3S. The molecule has 0 aromatic carbocycles. The molecule has 35 heavy (non-hydrogen) atoms. The van der Waals surface area contributed by atoms with Gasteiger partial charge in [0.25, 0.3) is 5.91 Å². The summed E-state index contributed by atoms with van der Waals surface area (Å²) in [6.45, 7) is 2.98. The third-order valence-corrected chi connectivity index (χ3v) is 9.11. The number of anilines is 1. The summed E-state index contributed by atoms with van der Waals surface area (Å²) >= 11 is 1.60. The number of H-pyrrole nitrogens is 1. The number of likely N-dealkylation sites (tertiary alicyclic amines) is 1. The normalized spacial score (nSPS) is 26.1. The second-order valence-electron chi connectivity index (χ2n) is 10.1. The highest BCUT2D eigenvalue weighted by molar-refractivity contribution is 7.15. The Morgan fingerprint density at radius 1 is 1.29 bits per heavy atom. The number of thiazole rings is 1. The van der Waals surface area contributed by atoms with Gasteiger partial charge in [0.2, 0.25) is 5.91 Å². The van der Waals surface area contributed by atoms with Crippen LogP contribution in [-0.2, 0) is 16.0 Å². The molecule has 1 aliphatic heterocycles. The van der Waals surface area contributed by atoms with E-state index in [2.05, 4.69) is 20.6 Å². The summed E-state index contributed by atoms with van der Waals surface area (Å²) in [6, 6.07) is 2.33. The molecule has 0 spiro atoms. The van der Waals surface area contributed by atoms with Crippen LogP contribution in [0.5, 0.6) is 0 Å². The average Bonchev–Trinajstić information content (AvgIpc) is 3.63. The summed E-state index contributed by atoms with van der Waals surface area (Å²) in [5.41, 5.74) is 3.85. The van der Waals surface area contributed by atoms with Crippen LogP contribution in [0.15, 0.2) is 18.5 Å². The van der Waals surface area contributed by atoms with E-state index in [0.29, 0.717) is 17.9 Å². The number of carbonyl (C=O) groups excluding carboxylic acids is 2. The molecule has 3 aromatic heterocycles. The molecule has 5 atom stereocenters. The molecule has 3 aromatic rings. The van der Waals surface area contributed by atoms with Crippen molar-refractivity contribution in [1.29, 1.82) is 0 Å². The number of nitrogens with zero attached hydrogens (tertiary/aromatic N) is 3. The predicted octanol–water partition coefficient (Wildman–Crippen LogP) is 2.49. The van der Waals surface area contributed by atoms with Gasteiger partial charge in [-0.15, -0.1) is 11.3 Å². The molecule has 6 rings (SSSR count). The zero-order valence-corrected chi connectivity index (χ0v) is 20.7. The number of aliphatic hydroxyl groups excluding tert-OH is 1. The van der Waals surface area contributed by atoms with Crippen molar-refractivity contribution in [3.63, 3.8) is 0 Å². The molecule has 0 radical (unpaired) electrons. The van der Waals surface area contributed by atoms with Crippen LogP contribution in [0.4, 0.5) is 5.69 Å². The second-order valence-corrected chi connectivity index (χ2v) is 11.1. The van der Waals surface area contributed by atoms with Gasteiger partial charge in [-0.25, -0.2) is 9.97 Å². The van der Waals surface area contributed by atoms with E-state index in [4.69, 9.17) is 4.98 Å². The van der Waals surface area contributed by atoms with Crippen LogP contribution < -0.4 is 10.6 Å². The summed E-state index contributed by atoms with van der Waals surface area (Å²) in [6.07, 6.45) is 6.44. The number of aliphatic hydroxyl groups is 1. The quantitative estimate of drug-likeness (QED) is 0.432. The number of nitrogens with one attached hydrogen (secondary N) is 3. The van der Waals surface area contributed by atoms with Gasteiger partial charge in [-0.1, -0.05) is 0 Å². The Labute approximate surface area is 207 Å². The molecule has 4 N–H and O–H groups in total. The van der Waals surface area contributed by atoms with Gasteiger partial charge in [-0.3, -0.25) is 9.59 Å². The van der Waals surface area contributed by atoms with Crippen molar-refractivity contribution in [1.82, 2.24) is 25.2 Å². The topological polar surface area (TPSA) is 123 Å². The molecule has 2 aliphatic carbocycles. The van der Waals surface area contributed by atoms with Gasteiger partial charge in [0, 0.05) is 48.8 Å². The van der Waals surface area contributed by atoms with Crippen LogP contribution in [0.1, 0.15) is 42.7 Å². The number of aromatic amines is 1. The fraction of sp³-hybridized carbons (Fsp3) is 0.520. The Hall–Kier alpha value is -2.98. The maximum Gasteiger partial charge on any atom is 0.251 e. The van der Waals surface area contributed by atoms with Gasteiger partial charge < -0.3 is 25.6 Å². The van der Waals surface area contributed by atoms with Gasteiger partial charge in [-0.2, -0.15) is 0 Å². The molecule has 2 amide bonds. The van der Waals surface area contributed by atoms with Gasteiger partial charge >= 0.3 is 0 Å². The van der Waals surface area contributed by atoms with E-state index in [0.717, 1.165) is 76.6 Å². The zero-order chi connectivity index (χ0) is 24.3. The first kappa shape index (κ1) is 22.5. The maximum absolute atomic E-state index is 12.4. The number of fused-ring (bicyclic) bond motifs is 3. The molecule has 1 saturated heterocycles. The number of aryl methyl sites for hydroxylation is 1. The zero-order valence-electron chi connectivity index (χ0n) is 19.9. The van der Waals surface area contributed by atoms with E-state index in [-0.39, 0.29) is 17.7 Å². The van der Waals surface area contributed by atoms with Crippen LogP contribution in [0, 0.1) is 11.8 Å². The van der Waals surface area contributed by atoms with Crippen molar-refractivity contribution in [2.75, 3.05) is 25.5 Å². The van der Waals surface area contributed by atoms with Crippen LogP contribution in [-0.4, -0.2) is 69.1 Å². The van der Waals surface area contributed by atoms with Crippen LogP contribution in [0.2, 0.25) is 0 Å². The van der Waals surface area contributed by atoms with E-state index >= 15 is 0 Å². The minimum Gasteiger partial charge on any atom is -0.384 e. The minimum atomic E-state index is -0.938. The summed E-state index contributed by atoms with van der Waals surface area (Å²) in [7, 11) is 1.69. The van der Waals surface area contributed by atoms with Crippen molar-refractivity contribution < 1.29 is 14.7 Å². The summed E-state index contributed by atoms with van der Waals surface area (Å²) < 4.78 is 0. The van der Waals surface area contributed by atoms with Crippen molar-refractivity contribution >= 4 is 39.9 Å². The molecule has 2 fully saturated rings. The highest BCUT2D eigenvalue weighted by Gasteiger charge is 2.43. The first-order valence-electron chi connectivity index (χ1n) is 12.3. The molecule has 0 bridgehead atoms. The van der Waals surface area contributed by atoms with Crippen LogP contribution in [0.3, 0.4) is 0 Å². The Balaban J connectivity index is 1.27. The SMILES string of the molecule is CNC(=O)C1CCc2nc(-c3cnc4[nH]ccc4c3NC3C[C@@H]4CN(C(=O)[C@H](C)O)C[C@@H]4C3)sc21. The van der Waals surface area contributed by atoms with Crippen molar-refractivity contribution in [3.05, 3.63) is 29.0 Å². The second kappa shape index (κ2) is 8.60. The fourth-order valence-corrected chi connectivity index (χ4v) is 7.42. The van der Waals surface area contributed by atoms with Crippen molar-refractivity contribution in [3.8, 4) is 10.6 Å². The number of rotatable bonds is 5. The van der Waals surface area contributed by atoms with Crippen molar-refractivity contribution in [2.24, 2.45) is 11.8 Å². The monoisotopic (exact) mass is 494 g/mol. The number of hydrogen-bond acceptors (Lipinski definition) is 7. The highest BCUT2D eigenvalue weighted by atomic mass is 32.1. The number of pyridine rings is 1. The lowest BCUT2D eigenvalue weighted by Gasteiger charge is -2.22. The smallest absolute Gasteiger partial charge is 0.251 e. The first-order chi connectivity index (χ1) is 16.9. The Bertz CT molecular complexity index is 1290. The lowest BCUT2D eigenvalue weighted by molar-refractivity contribution is -0.138. The Morgan fingerprint density at radius 3 is 2.77 bits per heavy atom. The third kappa shape index (κ3) is 3.79. The molecule has 184 valence electrons. The fourth-order valence-electron chi connectivity index (χ4n) is 6.16. The third-order valence-electron chi connectivity index (χ3n) is 7.86. The predicted molar refractivity (Wildman–Crippen MR) is 134 cm³/mol.